The molecule has 1 N–H and O–H groups in total. The van der Waals surface area contributed by atoms with Gasteiger partial charge in [0, 0.05) is 32.4 Å². The van der Waals surface area contributed by atoms with Crippen molar-refractivity contribution in [1.29, 1.82) is 0 Å². The molecule has 3 aromatic rings. The quantitative estimate of drug-likeness (QED) is 0.686. The van der Waals surface area contributed by atoms with Crippen LogP contribution in [-0.2, 0) is 13.1 Å². The molecule has 0 spiro atoms. The number of piperazine rings is 1. The number of nitrogens with zero attached hydrogens (tertiary/aromatic N) is 4. The van der Waals surface area contributed by atoms with Gasteiger partial charge in [-0.15, -0.1) is 0 Å². The molecule has 140 valence electrons. The molecule has 27 heavy (non-hydrogen) atoms. The molecular formula is C20H23N5OS. The minimum Gasteiger partial charge on any atom is -0.468 e. The smallest absolute Gasteiger partial charge is 0.173 e. The fourth-order valence-corrected chi connectivity index (χ4v) is 3.52. The molecule has 1 aliphatic rings. The summed E-state index contributed by atoms with van der Waals surface area (Å²) in [5.41, 5.74) is 2.15. The zero-order chi connectivity index (χ0) is 18.5. The molecule has 0 amide bonds. The highest BCUT2D eigenvalue weighted by Crippen LogP contribution is 2.12. The Morgan fingerprint density at radius 3 is 2.59 bits per heavy atom. The molecule has 3 heterocycles. The van der Waals surface area contributed by atoms with Crippen LogP contribution in [-0.4, -0.2) is 50.9 Å². The number of aromatic nitrogens is 2. The third-order valence-corrected chi connectivity index (χ3v) is 5.05. The van der Waals surface area contributed by atoms with Crippen LogP contribution in [0.15, 0.2) is 65.5 Å². The number of anilines is 1. The second-order valence-corrected chi connectivity index (χ2v) is 7.07. The molecule has 4 rings (SSSR count). The van der Waals surface area contributed by atoms with E-state index in [0.717, 1.165) is 55.8 Å². The molecular weight excluding hydrogens is 358 g/mol. The van der Waals surface area contributed by atoms with E-state index in [-0.39, 0.29) is 0 Å². The van der Waals surface area contributed by atoms with Crippen molar-refractivity contribution in [1.82, 2.24) is 19.6 Å². The minimum atomic E-state index is 0.751. The van der Waals surface area contributed by atoms with E-state index in [9.17, 15) is 0 Å². The first kappa shape index (κ1) is 17.8. The molecule has 1 aliphatic heterocycles. The first-order chi connectivity index (χ1) is 13.3. The normalized spacial score (nSPS) is 15.0. The lowest BCUT2D eigenvalue weighted by Gasteiger charge is -2.35. The first-order valence-corrected chi connectivity index (χ1v) is 9.54. The Morgan fingerprint density at radius 1 is 1.04 bits per heavy atom. The van der Waals surface area contributed by atoms with Gasteiger partial charge in [0.2, 0.25) is 0 Å². The summed E-state index contributed by atoms with van der Waals surface area (Å²) in [5, 5.41) is 8.49. The van der Waals surface area contributed by atoms with Crippen LogP contribution in [0.25, 0.3) is 0 Å². The summed E-state index contributed by atoms with van der Waals surface area (Å²) in [7, 11) is 0. The van der Waals surface area contributed by atoms with Crippen molar-refractivity contribution in [3.8, 4) is 0 Å². The van der Waals surface area contributed by atoms with Gasteiger partial charge >= 0.3 is 0 Å². The number of hydrogen-bond donors (Lipinski definition) is 1. The lowest BCUT2D eigenvalue weighted by atomic mass is 10.2. The third kappa shape index (κ3) is 4.75. The van der Waals surface area contributed by atoms with Gasteiger partial charge in [0.05, 0.1) is 31.2 Å². The molecule has 0 bridgehead atoms. The predicted molar refractivity (Wildman–Crippen MR) is 110 cm³/mol. The highest BCUT2D eigenvalue weighted by molar-refractivity contribution is 7.80. The topological polar surface area (TPSA) is 49.5 Å². The highest BCUT2D eigenvalue weighted by Gasteiger charge is 2.20. The molecule has 1 aromatic carbocycles. The van der Waals surface area contributed by atoms with Gasteiger partial charge in [-0.1, -0.05) is 30.3 Å². The zero-order valence-corrected chi connectivity index (χ0v) is 15.9. The molecule has 0 unspecified atom stereocenters. The van der Waals surface area contributed by atoms with E-state index >= 15 is 0 Å². The summed E-state index contributed by atoms with van der Waals surface area (Å²) in [6, 6.07) is 14.3. The van der Waals surface area contributed by atoms with Gasteiger partial charge in [0.15, 0.2) is 5.11 Å². The van der Waals surface area contributed by atoms with Crippen molar-refractivity contribution in [2.75, 3.05) is 31.5 Å². The maximum atomic E-state index is 5.59. The average Bonchev–Trinajstić information content (AvgIpc) is 3.35. The van der Waals surface area contributed by atoms with Gasteiger partial charge in [0.1, 0.15) is 5.76 Å². The Balaban J connectivity index is 1.26. The molecule has 1 fully saturated rings. The van der Waals surface area contributed by atoms with Crippen LogP contribution in [0.4, 0.5) is 5.69 Å². The van der Waals surface area contributed by atoms with E-state index in [2.05, 4.69) is 32.3 Å². The van der Waals surface area contributed by atoms with Gasteiger partial charge in [-0.05, 0) is 29.9 Å². The van der Waals surface area contributed by atoms with Crippen molar-refractivity contribution in [3.05, 3.63) is 72.4 Å². The Kier molecular flexibility index (Phi) is 5.50. The number of rotatable bonds is 5. The van der Waals surface area contributed by atoms with E-state index in [4.69, 9.17) is 16.6 Å². The fourth-order valence-electron chi connectivity index (χ4n) is 3.22. The molecule has 1 saturated heterocycles. The van der Waals surface area contributed by atoms with Gasteiger partial charge < -0.3 is 14.6 Å². The Morgan fingerprint density at radius 2 is 1.85 bits per heavy atom. The van der Waals surface area contributed by atoms with Crippen LogP contribution in [0.3, 0.4) is 0 Å². The van der Waals surface area contributed by atoms with Crippen molar-refractivity contribution in [3.63, 3.8) is 0 Å². The number of nitrogens with one attached hydrogen (secondary N) is 1. The monoisotopic (exact) mass is 381 g/mol. The molecule has 0 radical (unpaired) electrons. The standard InChI is InChI=1S/C20H23N5OS/c27-20(24-10-8-23(9-11-24)16-19-7-4-12-26-19)22-18-13-21-25(15-18)14-17-5-2-1-3-6-17/h1-7,12-13,15H,8-11,14,16H2,(H,22,27). The predicted octanol–water partition coefficient (Wildman–Crippen LogP) is 3.04. The number of thiocarbonyl (C=S) groups is 1. The van der Waals surface area contributed by atoms with Crippen LogP contribution in [0.5, 0.6) is 0 Å². The molecule has 0 atom stereocenters. The third-order valence-electron chi connectivity index (χ3n) is 4.69. The van der Waals surface area contributed by atoms with Crippen molar-refractivity contribution < 1.29 is 4.42 Å². The number of furan rings is 1. The average molecular weight is 382 g/mol. The van der Waals surface area contributed by atoms with Crippen LogP contribution in [0.2, 0.25) is 0 Å². The Labute approximate surface area is 164 Å². The van der Waals surface area contributed by atoms with Crippen LogP contribution in [0.1, 0.15) is 11.3 Å². The Hall–Kier alpha value is -2.64. The number of hydrogen-bond acceptors (Lipinski definition) is 4. The second-order valence-electron chi connectivity index (χ2n) is 6.68. The maximum absolute atomic E-state index is 5.59. The largest absolute Gasteiger partial charge is 0.468 e. The summed E-state index contributed by atoms with van der Waals surface area (Å²) in [5.74, 6) is 1.01. The van der Waals surface area contributed by atoms with E-state index in [1.54, 1.807) is 6.26 Å². The lowest BCUT2D eigenvalue weighted by molar-refractivity contribution is 0.166. The molecule has 7 heteroatoms. The lowest BCUT2D eigenvalue weighted by Crippen LogP contribution is -2.49. The maximum Gasteiger partial charge on any atom is 0.173 e. The van der Waals surface area contributed by atoms with Crippen LogP contribution >= 0.6 is 12.2 Å². The van der Waals surface area contributed by atoms with Crippen LogP contribution < -0.4 is 5.32 Å². The van der Waals surface area contributed by atoms with Gasteiger partial charge in [-0.3, -0.25) is 9.58 Å². The summed E-state index contributed by atoms with van der Waals surface area (Å²) >= 11 is 5.59. The SMILES string of the molecule is S=C(Nc1cnn(Cc2ccccc2)c1)N1CCN(Cc2ccco2)CC1. The summed E-state index contributed by atoms with van der Waals surface area (Å²) in [4.78, 5) is 4.60. The van der Waals surface area contributed by atoms with Gasteiger partial charge in [-0.25, -0.2) is 0 Å². The van der Waals surface area contributed by atoms with E-state index < -0.39 is 0 Å². The van der Waals surface area contributed by atoms with Gasteiger partial charge in [0.25, 0.3) is 0 Å². The van der Waals surface area contributed by atoms with E-state index in [1.165, 1.54) is 5.56 Å². The minimum absolute atomic E-state index is 0.751. The van der Waals surface area contributed by atoms with Crippen molar-refractivity contribution in [2.45, 2.75) is 13.1 Å². The Bertz CT molecular complexity index is 854. The first-order valence-electron chi connectivity index (χ1n) is 9.13. The summed E-state index contributed by atoms with van der Waals surface area (Å²) < 4.78 is 7.35. The number of benzene rings is 1. The van der Waals surface area contributed by atoms with Crippen molar-refractivity contribution in [2.24, 2.45) is 0 Å². The van der Waals surface area contributed by atoms with Crippen molar-refractivity contribution >= 4 is 23.0 Å². The molecule has 0 saturated carbocycles. The molecule has 2 aromatic heterocycles. The van der Waals surface area contributed by atoms with Gasteiger partial charge in [-0.2, -0.15) is 5.10 Å². The molecule has 6 nitrogen and oxygen atoms in total. The van der Waals surface area contributed by atoms with E-state index in [1.807, 2.05) is 47.4 Å². The zero-order valence-electron chi connectivity index (χ0n) is 15.1. The molecule has 0 aliphatic carbocycles. The fraction of sp³-hybridized carbons (Fsp3) is 0.300. The van der Waals surface area contributed by atoms with Crippen LogP contribution in [0, 0.1) is 0 Å². The summed E-state index contributed by atoms with van der Waals surface area (Å²) in [6.07, 6.45) is 5.54. The summed E-state index contributed by atoms with van der Waals surface area (Å²) in [6.45, 7) is 5.36. The highest BCUT2D eigenvalue weighted by atomic mass is 32.1. The van der Waals surface area contributed by atoms with E-state index in [0.29, 0.717) is 0 Å². The second kappa shape index (κ2) is 8.37.